The quantitative estimate of drug-likeness (QED) is 0.431. The molecule has 100 valence electrons. The number of carbonyl (C=O) groups is 2. The molecule has 0 aliphatic carbocycles. The van der Waals surface area contributed by atoms with Crippen LogP contribution in [0.5, 0.6) is 0 Å². The van der Waals surface area contributed by atoms with E-state index in [9.17, 15) is 9.59 Å². The average molecular weight is 246 g/mol. The van der Waals surface area contributed by atoms with Gasteiger partial charge in [0.05, 0.1) is 19.1 Å². The Bertz CT molecular complexity index is 248. The van der Waals surface area contributed by atoms with Gasteiger partial charge in [0.25, 0.3) is 0 Å². The summed E-state index contributed by atoms with van der Waals surface area (Å²) in [6.45, 7) is 2.61. The van der Waals surface area contributed by atoms with Crippen LogP contribution in [0.25, 0.3) is 0 Å². The number of rotatable bonds is 9. The highest BCUT2D eigenvalue weighted by molar-refractivity contribution is 5.87. The van der Waals surface area contributed by atoms with E-state index in [2.05, 4.69) is 5.32 Å². The third-order valence-electron chi connectivity index (χ3n) is 2.23. The second-order valence-corrected chi connectivity index (χ2v) is 3.86. The number of primary amides is 1. The Kier molecular flexibility index (Phi) is 8.29. The number of nitrogens with two attached hydrogens (primary N) is 2. The minimum atomic E-state index is -0.864. The van der Waals surface area contributed by atoms with Crippen LogP contribution in [0.15, 0.2) is 0 Å². The number of ether oxygens (including phenoxy) is 1. The fourth-order valence-corrected chi connectivity index (χ4v) is 1.17. The third kappa shape index (κ3) is 8.61. The summed E-state index contributed by atoms with van der Waals surface area (Å²) in [4.78, 5) is 24.0. The molecule has 0 rings (SSSR count). The zero-order chi connectivity index (χ0) is 13.3. The van der Waals surface area contributed by atoms with Gasteiger partial charge in [-0.1, -0.05) is 0 Å². The predicted octanol–water partition coefficient (Wildman–Crippen LogP) is -2.12. The van der Waals surface area contributed by atoms with Crippen molar-refractivity contribution < 1.29 is 14.3 Å². The van der Waals surface area contributed by atoms with E-state index in [1.807, 2.05) is 11.9 Å². The average Bonchev–Trinajstić information content (AvgIpc) is 2.25. The zero-order valence-electron chi connectivity index (χ0n) is 10.4. The molecule has 1 unspecified atom stereocenters. The molecule has 0 aromatic carbocycles. The van der Waals surface area contributed by atoms with Gasteiger partial charge in [0.1, 0.15) is 0 Å². The molecular weight excluding hydrogens is 224 g/mol. The summed E-state index contributed by atoms with van der Waals surface area (Å²) in [5.74, 6) is -0.936. The van der Waals surface area contributed by atoms with Crippen molar-refractivity contribution >= 4 is 11.8 Å². The van der Waals surface area contributed by atoms with Gasteiger partial charge in [-0.05, 0) is 7.05 Å². The van der Waals surface area contributed by atoms with Gasteiger partial charge in [-0.25, -0.2) is 0 Å². The van der Waals surface area contributed by atoms with Gasteiger partial charge < -0.3 is 26.4 Å². The van der Waals surface area contributed by atoms with Crippen LogP contribution in [0.1, 0.15) is 6.42 Å². The normalized spacial score (nSPS) is 12.5. The fourth-order valence-electron chi connectivity index (χ4n) is 1.17. The van der Waals surface area contributed by atoms with Crippen LogP contribution in [0, 0.1) is 0 Å². The first-order valence-corrected chi connectivity index (χ1v) is 5.46. The van der Waals surface area contributed by atoms with E-state index in [0.717, 1.165) is 6.54 Å². The van der Waals surface area contributed by atoms with Crippen molar-refractivity contribution in [3.8, 4) is 0 Å². The molecule has 7 heteroatoms. The topological polar surface area (TPSA) is 111 Å². The van der Waals surface area contributed by atoms with Crippen LogP contribution in [0.4, 0.5) is 0 Å². The van der Waals surface area contributed by atoms with Gasteiger partial charge in [-0.2, -0.15) is 0 Å². The molecule has 0 heterocycles. The van der Waals surface area contributed by atoms with Gasteiger partial charge in [-0.3, -0.25) is 9.59 Å². The molecule has 0 saturated heterocycles. The maximum atomic E-state index is 11.4. The summed E-state index contributed by atoms with van der Waals surface area (Å²) in [5, 5.41) is 2.64. The second-order valence-electron chi connectivity index (χ2n) is 3.86. The lowest BCUT2D eigenvalue weighted by molar-refractivity contribution is -0.126. The minimum absolute atomic E-state index is 0.134. The number of hydrogen-bond acceptors (Lipinski definition) is 5. The molecule has 0 radical (unpaired) electrons. The van der Waals surface area contributed by atoms with Gasteiger partial charge in [0, 0.05) is 26.7 Å². The molecule has 0 aromatic rings. The number of carbonyl (C=O) groups excluding carboxylic acids is 2. The molecule has 0 aliphatic rings. The first-order valence-electron chi connectivity index (χ1n) is 5.46. The highest BCUT2D eigenvalue weighted by atomic mass is 16.5. The molecule has 0 saturated carbocycles. The molecule has 2 amide bonds. The lowest BCUT2D eigenvalue weighted by Gasteiger charge is -2.17. The number of nitrogens with zero attached hydrogens (tertiary/aromatic N) is 1. The van der Waals surface area contributed by atoms with E-state index >= 15 is 0 Å². The lowest BCUT2D eigenvalue weighted by atomic mass is 10.2. The van der Waals surface area contributed by atoms with Crippen LogP contribution in [0.2, 0.25) is 0 Å². The summed E-state index contributed by atoms with van der Waals surface area (Å²) in [7, 11) is 3.56. The van der Waals surface area contributed by atoms with Crippen molar-refractivity contribution in [2.24, 2.45) is 11.5 Å². The summed E-state index contributed by atoms with van der Waals surface area (Å²) in [6.07, 6.45) is -0.134. The molecule has 0 aromatic heterocycles. The van der Waals surface area contributed by atoms with Gasteiger partial charge in [-0.15, -0.1) is 0 Å². The number of methoxy groups -OCH3 is 1. The van der Waals surface area contributed by atoms with Crippen LogP contribution >= 0.6 is 0 Å². The van der Waals surface area contributed by atoms with E-state index in [-0.39, 0.29) is 12.3 Å². The van der Waals surface area contributed by atoms with Crippen LogP contribution < -0.4 is 16.8 Å². The van der Waals surface area contributed by atoms with Crippen molar-refractivity contribution in [1.82, 2.24) is 10.2 Å². The Morgan fingerprint density at radius 3 is 2.59 bits per heavy atom. The van der Waals surface area contributed by atoms with E-state index < -0.39 is 11.9 Å². The second kappa shape index (κ2) is 8.91. The molecule has 1 atom stereocenters. The number of nitrogens with one attached hydrogen (secondary N) is 1. The zero-order valence-corrected chi connectivity index (χ0v) is 10.4. The molecule has 5 N–H and O–H groups in total. The van der Waals surface area contributed by atoms with Crippen LogP contribution in [-0.2, 0) is 14.3 Å². The number of hydrogen-bond donors (Lipinski definition) is 3. The Morgan fingerprint density at radius 1 is 1.41 bits per heavy atom. The SMILES string of the molecule is COCCN(C)CCNC(=O)C(N)CC(N)=O. The van der Waals surface area contributed by atoms with Crippen molar-refractivity contribution in [3.63, 3.8) is 0 Å². The van der Waals surface area contributed by atoms with E-state index in [0.29, 0.717) is 19.7 Å². The maximum Gasteiger partial charge on any atom is 0.237 e. The van der Waals surface area contributed by atoms with Gasteiger partial charge in [0.15, 0.2) is 0 Å². The molecule has 0 aliphatic heterocycles. The largest absolute Gasteiger partial charge is 0.383 e. The monoisotopic (exact) mass is 246 g/mol. The smallest absolute Gasteiger partial charge is 0.237 e. The summed E-state index contributed by atoms with van der Waals surface area (Å²) < 4.78 is 4.92. The minimum Gasteiger partial charge on any atom is -0.383 e. The number of likely N-dealkylation sites (N-methyl/N-ethyl adjacent to an activating group) is 1. The molecule has 0 fully saturated rings. The maximum absolute atomic E-state index is 11.4. The van der Waals surface area contributed by atoms with E-state index in [4.69, 9.17) is 16.2 Å². The Morgan fingerprint density at radius 2 is 2.06 bits per heavy atom. The third-order valence-corrected chi connectivity index (χ3v) is 2.23. The van der Waals surface area contributed by atoms with Crippen LogP contribution in [0.3, 0.4) is 0 Å². The summed E-state index contributed by atoms with van der Waals surface area (Å²) >= 11 is 0. The molecule has 0 spiro atoms. The van der Waals surface area contributed by atoms with Crippen LogP contribution in [-0.4, -0.2) is 63.2 Å². The predicted molar refractivity (Wildman–Crippen MR) is 64.2 cm³/mol. The summed E-state index contributed by atoms with van der Waals surface area (Å²) in [6, 6.07) is -0.864. The standard InChI is InChI=1S/C10H22N4O3/c1-14(5-6-17-2)4-3-13-10(16)8(11)7-9(12)15/h8H,3-7,11H2,1-2H3,(H2,12,15)(H,13,16). The van der Waals surface area contributed by atoms with Crippen molar-refractivity contribution in [2.45, 2.75) is 12.5 Å². The molecule has 0 bridgehead atoms. The number of amides is 2. The van der Waals surface area contributed by atoms with Gasteiger partial charge in [0.2, 0.25) is 11.8 Å². The Hall–Kier alpha value is -1.18. The first kappa shape index (κ1) is 15.8. The Labute approximate surface area is 101 Å². The highest BCUT2D eigenvalue weighted by Gasteiger charge is 2.15. The van der Waals surface area contributed by atoms with E-state index in [1.54, 1.807) is 7.11 Å². The highest BCUT2D eigenvalue weighted by Crippen LogP contribution is 1.87. The van der Waals surface area contributed by atoms with Gasteiger partial charge >= 0.3 is 0 Å². The van der Waals surface area contributed by atoms with Crippen molar-refractivity contribution in [1.29, 1.82) is 0 Å². The van der Waals surface area contributed by atoms with E-state index in [1.165, 1.54) is 0 Å². The fraction of sp³-hybridized carbons (Fsp3) is 0.800. The van der Waals surface area contributed by atoms with Crippen molar-refractivity contribution in [3.05, 3.63) is 0 Å². The first-order chi connectivity index (χ1) is 7.97. The Balaban J connectivity index is 3.66. The molecule has 17 heavy (non-hydrogen) atoms. The molecule has 7 nitrogen and oxygen atoms in total. The van der Waals surface area contributed by atoms with Crippen molar-refractivity contribution in [2.75, 3.05) is 40.4 Å². The summed E-state index contributed by atoms with van der Waals surface area (Å²) in [5.41, 5.74) is 10.4. The molecular formula is C10H22N4O3. The lowest BCUT2D eigenvalue weighted by Crippen LogP contribution is -2.45.